The number of nitrogens with one attached hydrogen (secondary N) is 1. The van der Waals surface area contributed by atoms with Crippen molar-refractivity contribution in [3.05, 3.63) is 46.4 Å². The van der Waals surface area contributed by atoms with Crippen molar-refractivity contribution in [2.24, 2.45) is 5.18 Å². The van der Waals surface area contributed by atoms with Crippen molar-refractivity contribution < 1.29 is 14.7 Å². The predicted molar refractivity (Wildman–Crippen MR) is 127 cm³/mol. The highest BCUT2D eigenvalue weighted by atomic mass is 16.5. The van der Waals surface area contributed by atoms with Crippen LogP contribution < -0.4 is 10.2 Å². The molecule has 2 aromatic rings. The molecule has 0 aliphatic carbocycles. The van der Waals surface area contributed by atoms with E-state index in [4.69, 9.17) is 9.47 Å². The number of nitrogens with zero attached hydrogens (tertiary/aromatic N) is 1. The van der Waals surface area contributed by atoms with E-state index < -0.39 is 0 Å². The molecule has 2 aromatic carbocycles. The Hall–Kier alpha value is -2.44. The van der Waals surface area contributed by atoms with Crippen LogP contribution in [0.4, 0.5) is 11.4 Å². The first-order valence-corrected chi connectivity index (χ1v) is 11.2. The summed E-state index contributed by atoms with van der Waals surface area (Å²) in [6, 6.07) is 7.06. The predicted octanol–water partition coefficient (Wildman–Crippen LogP) is 7.82. The summed E-state index contributed by atoms with van der Waals surface area (Å²) in [5, 5.41) is 13.9. The van der Waals surface area contributed by atoms with Crippen LogP contribution in [-0.2, 0) is 4.74 Å². The van der Waals surface area contributed by atoms with E-state index in [1.165, 1.54) is 37.7 Å². The van der Waals surface area contributed by atoms with Crippen molar-refractivity contribution in [2.75, 3.05) is 19.2 Å². The number of rotatable bonds is 14. The normalized spacial score (nSPS) is 11.9. The number of ether oxygens (including phenoxy) is 2. The lowest BCUT2D eigenvalue weighted by atomic mass is 9.96. The molecule has 0 fully saturated rings. The number of methoxy groups -OCH3 is 1. The number of benzene rings is 2. The molecule has 0 spiro atoms. The van der Waals surface area contributed by atoms with Gasteiger partial charge in [0, 0.05) is 5.39 Å². The zero-order valence-corrected chi connectivity index (χ0v) is 19.2. The second-order valence-corrected chi connectivity index (χ2v) is 8.14. The maximum absolute atomic E-state index is 11.4. The Kier molecular flexibility index (Phi) is 10.5. The smallest absolute Gasteiger partial charge is 0.129 e. The number of nitroso groups, excluding NO2 is 1. The Morgan fingerprint density at radius 1 is 1.16 bits per heavy atom. The molecule has 0 heterocycles. The molecule has 0 aliphatic rings. The van der Waals surface area contributed by atoms with Crippen molar-refractivity contribution in [1.82, 2.24) is 0 Å². The van der Waals surface area contributed by atoms with Crippen LogP contribution in [0.15, 0.2) is 41.1 Å². The van der Waals surface area contributed by atoms with Gasteiger partial charge in [0.25, 0.3) is 0 Å². The highest BCUT2D eigenvalue weighted by molar-refractivity contribution is 6.05. The molecule has 0 radical (unpaired) electrons. The van der Waals surface area contributed by atoms with Gasteiger partial charge in [0.15, 0.2) is 0 Å². The lowest BCUT2D eigenvalue weighted by Gasteiger charge is -2.21. The van der Waals surface area contributed by atoms with Crippen molar-refractivity contribution in [3.8, 4) is 5.75 Å². The Labute approximate surface area is 185 Å². The molecular formula is C25H36N2O4. The molecule has 0 amide bonds. The van der Waals surface area contributed by atoms with E-state index in [9.17, 15) is 10.1 Å². The second-order valence-electron chi connectivity index (χ2n) is 8.14. The fourth-order valence-electron chi connectivity index (χ4n) is 3.76. The Morgan fingerprint density at radius 2 is 1.90 bits per heavy atom. The van der Waals surface area contributed by atoms with E-state index in [-0.39, 0.29) is 6.10 Å². The van der Waals surface area contributed by atoms with Crippen LogP contribution in [0.2, 0.25) is 0 Å². The average Bonchev–Trinajstić information content (AvgIpc) is 2.78. The van der Waals surface area contributed by atoms with Crippen LogP contribution in [0.25, 0.3) is 10.8 Å². The van der Waals surface area contributed by atoms with E-state index in [0.29, 0.717) is 34.5 Å². The first kappa shape index (κ1) is 24.8. The molecule has 2 rings (SSSR count). The van der Waals surface area contributed by atoms with Crippen LogP contribution in [0.1, 0.15) is 77.4 Å². The number of hydrogen-bond donors (Lipinski definition) is 2. The number of hydrogen-bond acceptors (Lipinski definition) is 6. The van der Waals surface area contributed by atoms with Crippen LogP contribution in [0.5, 0.6) is 5.75 Å². The van der Waals surface area contributed by atoms with E-state index in [2.05, 4.69) is 37.5 Å². The molecule has 170 valence electrons. The molecule has 1 atom stereocenters. The molecule has 2 N–H and O–H groups in total. The molecule has 0 bridgehead atoms. The van der Waals surface area contributed by atoms with E-state index in [0.717, 1.165) is 18.4 Å². The Morgan fingerprint density at radius 3 is 2.55 bits per heavy atom. The minimum Gasteiger partial charge on any atom is -0.496 e. The first-order valence-electron chi connectivity index (χ1n) is 11.2. The second kappa shape index (κ2) is 13.1. The van der Waals surface area contributed by atoms with Gasteiger partial charge in [0.1, 0.15) is 11.4 Å². The first-order chi connectivity index (χ1) is 15.0. The van der Waals surface area contributed by atoms with Crippen molar-refractivity contribution in [3.63, 3.8) is 0 Å². The molecule has 0 saturated heterocycles. The molecule has 0 aliphatic heterocycles. The zero-order chi connectivity index (χ0) is 22.6. The van der Waals surface area contributed by atoms with Crippen LogP contribution in [0, 0.1) is 4.91 Å². The van der Waals surface area contributed by atoms with Crippen LogP contribution >= 0.6 is 0 Å². The van der Waals surface area contributed by atoms with Crippen LogP contribution in [0.3, 0.4) is 0 Å². The third-order valence-corrected chi connectivity index (χ3v) is 5.50. The molecule has 0 saturated carbocycles. The summed E-state index contributed by atoms with van der Waals surface area (Å²) < 4.78 is 11.9. The minimum absolute atomic E-state index is 0.120. The van der Waals surface area contributed by atoms with Gasteiger partial charge in [-0.05, 0) is 55.3 Å². The monoisotopic (exact) mass is 428 g/mol. The van der Waals surface area contributed by atoms with Crippen molar-refractivity contribution in [2.45, 2.75) is 71.8 Å². The van der Waals surface area contributed by atoms with E-state index >= 15 is 0 Å². The van der Waals surface area contributed by atoms with Gasteiger partial charge in [-0.15, -0.1) is 4.91 Å². The fraction of sp³-hybridized carbons (Fsp3) is 0.520. The average molecular weight is 429 g/mol. The minimum atomic E-state index is -0.120. The SMILES string of the molecule is CCCCCCCCC(OCC=C(C)C)c1cc(OC)c2c(NO)ccc(N=O)c2c1. The van der Waals surface area contributed by atoms with Crippen LogP contribution in [-0.4, -0.2) is 18.9 Å². The van der Waals surface area contributed by atoms with Gasteiger partial charge >= 0.3 is 0 Å². The zero-order valence-electron chi connectivity index (χ0n) is 19.2. The topological polar surface area (TPSA) is 80.2 Å². The van der Waals surface area contributed by atoms with Gasteiger partial charge in [0.05, 0.1) is 30.9 Å². The third-order valence-electron chi connectivity index (χ3n) is 5.50. The maximum atomic E-state index is 11.4. The molecule has 6 heteroatoms. The summed E-state index contributed by atoms with van der Waals surface area (Å²) >= 11 is 0. The molecule has 31 heavy (non-hydrogen) atoms. The standard InChI is InChI=1S/C25H36N2O4/c1-5-6-7-8-9-10-11-23(31-15-14-18(2)3)19-16-20-21(26-28)12-13-22(27-29)25(20)24(17-19)30-4/h12-14,16-17,23,27,29H,5-11,15H2,1-4H3. The van der Waals surface area contributed by atoms with Gasteiger partial charge in [-0.1, -0.05) is 57.1 Å². The molecule has 0 aromatic heterocycles. The molecular weight excluding hydrogens is 392 g/mol. The number of anilines is 1. The summed E-state index contributed by atoms with van der Waals surface area (Å²) in [7, 11) is 1.58. The summed E-state index contributed by atoms with van der Waals surface area (Å²) in [5.41, 5.74) is 5.10. The molecule has 6 nitrogen and oxygen atoms in total. The number of unbranched alkanes of at least 4 members (excludes halogenated alkanes) is 5. The Bertz CT molecular complexity index is 875. The van der Waals surface area contributed by atoms with Gasteiger partial charge in [-0.3, -0.25) is 10.7 Å². The van der Waals surface area contributed by atoms with Gasteiger partial charge in [-0.2, -0.15) is 0 Å². The number of fused-ring (bicyclic) bond motifs is 1. The maximum Gasteiger partial charge on any atom is 0.129 e. The van der Waals surface area contributed by atoms with Gasteiger partial charge in [-0.25, -0.2) is 0 Å². The number of allylic oxidation sites excluding steroid dienone is 1. The Balaban J connectivity index is 2.37. The van der Waals surface area contributed by atoms with Crippen molar-refractivity contribution in [1.29, 1.82) is 0 Å². The summed E-state index contributed by atoms with van der Waals surface area (Å²) in [4.78, 5) is 11.4. The van der Waals surface area contributed by atoms with Crippen molar-refractivity contribution >= 4 is 22.1 Å². The summed E-state index contributed by atoms with van der Waals surface area (Å²) in [5.74, 6) is 0.563. The lowest BCUT2D eigenvalue weighted by Crippen LogP contribution is -2.06. The molecule has 1 unspecified atom stereocenters. The quantitative estimate of drug-likeness (QED) is 0.139. The van der Waals surface area contributed by atoms with Gasteiger partial charge < -0.3 is 9.47 Å². The highest BCUT2D eigenvalue weighted by Crippen LogP contribution is 2.41. The third kappa shape index (κ3) is 7.04. The largest absolute Gasteiger partial charge is 0.496 e. The summed E-state index contributed by atoms with van der Waals surface area (Å²) in [6.45, 7) is 6.85. The van der Waals surface area contributed by atoms with Gasteiger partial charge in [0.2, 0.25) is 0 Å². The highest BCUT2D eigenvalue weighted by Gasteiger charge is 2.19. The van der Waals surface area contributed by atoms with E-state index in [1.54, 1.807) is 19.2 Å². The fourth-order valence-corrected chi connectivity index (χ4v) is 3.76. The summed E-state index contributed by atoms with van der Waals surface area (Å²) in [6.07, 6.45) is 10.1. The lowest BCUT2D eigenvalue weighted by molar-refractivity contribution is 0.0649. The van der Waals surface area contributed by atoms with E-state index in [1.807, 2.05) is 12.1 Å².